The number of hydrogen-bond acceptors (Lipinski definition) is 1. The summed E-state index contributed by atoms with van der Waals surface area (Å²) in [5, 5.41) is 9.58. The summed E-state index contributed by atoms with van der Waals surface area (Å²) in [4.78, 5) is 2.77. The van der Waals surface area contributed by atoms with Crippen LogP contribution in [0, 0.1) is 0 Å². The summed E-state index contributed by atoms with van der Waals surface area (Å²) in [6.07, 6.45) is 0. The maximum absolute atomic E-state index is 9.58. The monoisotopic (exact) mass is 90.1 g/mol. The Morgan fingerprint density at radius 1 is 1.33 bits per heavy atom. The van der Waals surface area contributed by atoms with Crippen molar-refractivity contribution in [1.29, 1.82) is 0 Å². The maximum atomic E-state index is 9.58. The Bertz CT molecular complexity index is 35.3. The van der Waals surface area contributed by atoms with Crippen LogP contribution in [0.5, 0.6) is 0 Å². The number of aliphatic hydroxyl groups is 1. The molecule has 0 aliphatic rings. The molecule has 0 saturated heterocycles. The summed E-state index contributed by atoms with van der Waals surface area (Å²) < 4.78 is 0. The molecule has 0 aromatic heterocycles. The molecule has 0 aromatic rings. The van der Waals surface area contributed by atoms with E-state index in [0.717, 1.165) is 0 Å². The van der Waals surface area contributed by atoms with Gasteiger partial charge in [-0.05, 0) is 0 Å². The molecule has 38 valence electrons. The van der Waals surface area contributed by atoms with E-state index >= 15 is 0 Å². The van der Waals surface area contributed by atoms with Gasteiger partial charge < -0.3 is 10.1 Å². The summed E-state index contributed by atoms with van der Waals surface area (Å²) in [6, 6.07) is 0. The Kier molecular flexibility index (Phi) is 1.56. The Morgan fingerprint density at radius 2 is 1.50 bits per heavy atom. The van der Waals surface area contributed by atoms with Crippen molar-refractivity contribution in [2.75, 3.05) is 0 Å². The minimum atomic E-state index is -0.389. The van der Waals surface area contributed by atoms with Gasteiger partial charge in [0.05, 0.1) is 0 Å². The van der Waals surface area contributed by atoms with E-state index in [2.05, 4.69) is 4.89 Å². The van der Waals surface area contributed by atoms with Crippen molar-refractivity contribution in [2.45, 2.75) is 26.4 Å². The molecule has 0 saturated carbocycles. The Morgan fingerprint density at radius 3 is 1.50 bits per heavy atom. The molecule has 0 radical (unpaired) electrons. The zero-order valence-corrected chi connectivity index (χ0v) is 4.36. The highest BCUT2D eigenvalue weighted by atomic mass is 17.1. The quantitative estimate of drug-likeness (QED) is 0.226. The fraction of sp³-hybridized carbons (Fsp3) is 1.00. The average molecular weight is 90.1 g/mol. The standard InChI is InChI=1S/C4H10O2/c1-4(2,3)6-5/h6H,1-3H3. The normalized spacial score (nSPS) is 12.0. The first kappa shape index (κ1) is 5.92. The van der Waals surface area contributed by atoms with Gasteiger partial charge in [0, 0.05) is 20.8 Å². The van der Waals surface area contributed by atoms with Crippen LogP contribution in [0.25, 0.3) is 0 Å². The van der Waals surface area contributed by atoms with Gasteiger partial charge in [0.25, 0.3) is 0 Å². The van der Waals surface area contributed by atoms with Crippen LogP contribution >= 0.6 is 0 Å². The van der Waals surface area contributed by atoms with Crippen molar-refractivity contribution in [3.63, 3.8) is 0 Å². The van der Waals surface area contributed by atoms with Crippen LogP contribution in [0.4, 0.5) is 0 Å². The third kappa shape index (κ3) is 3.92. The summed E-state index contributed by atoms with van der Waals surface area (Å²) in [6.45, 7) is 5.29. The third-order valence-electron chi connectivity index (χ3n) is 0.274. The van der Waals surface area contributed by atoms with Crippen LogP contribution in [0.2, 0.25) is 0 Å². The van der Waals surface area contributed by atoms with Gasteiger partial charge in [0.15, 0.2) is 5.60 Å². The van der Waals surface area contributed by atoms with E-state index in [9.17, 15) is 5.26 Å². The lowest BCUT2D eigenvalue weighted by atomic mass is 10.2. The predicted octanol–water partition coefficient (Wildman–Crippen LogP) is -0.412. The molecule has 0 spiro atoms. The predicted molar refractivity (Wildman–Crippen MR) is 22.0 cm³/mol. The fourth-order valence-electron chi connectivity index (χ4n) is 0. The van der Waals surface area contributed by atoms with Crippen molar-refractivity contribution >= 4 is 0 Å². The van der Waals surface area contributed by atoms with Gasteiger partial charge in [0.2, 0.25) is 0 Å². The van der Waals surface area contributed by atoms with Gasteiger partial charge in [-0.25, -0.2) is 0 Å². The van der Waals surface area contributed by atoms with Crippen LogP contribution in [-0.4, -0.2) is 10.5 Å². The highest BCUT2D eigenvalue weighted by Crippen LogP contribution is 1.96. The minimum Gasteiger partial charge on any atom is -0.535 e. The molecular formula is C4H10O2. The van der Waals surface area contributed by atoms with Gasteiger partial charge in [-0.2, -0.15) is 0 Å². The van der Waals surface area contributed by atoms with Gasteiger partial charge in [-0.15, -0.1) is 0 Å². The summed E-state index contributed by atoms with van der Waals surface area (Å²) >= 11 is 0. The molecule has 0 atom stereocenters. The molecule has 0 rings (SSSR count). The number of rotatable bonds is 0. The zero-order valence-electron chi connectivity index (χ0n) is 4.36. The van der Waals surface area contributed by atoms with Crippen molar-refractivity contribution < 1.29 is 10.1 Å². The topological polar surface area (TPSA) is 35.9 Å². The molecule has 0 aromatic carbocycles. The van der Waals surface area contributed by atoms with Crippen LogP contribution < -0.4 is 5.26 Å². The van der Waals surface area contributed by atoms with Gasteiger partial charge in [-0.3, -0.25) is 0 Å². The highest BCUT2D eigenvalue weighted by Gasteiger charge is 2.08. The van der Waals surface area contributed by atoms with E-state index in [1.54, 1.807) is 20.8 Å². The molecule has 0 fully saturated rings. The maximum Gasteiger partial charge on any atom is 0.161 e. The zero-order chi connectivity index (χ0) is 5.21. The van der Waals surface area contributed by atoms with Crippen LogP contribution in [0.15, 0.2) is 0 Å². The SMILES string of the molecule is CC(C)(C)[OH+][O-]. The molecule has 0 bridgehead atoms. The highest BCUT2D eigenvalue weighted by molar-refractivity contribution is 4.51. The smallest absolute Gasteiger partial charge is 0.161 e. The molecule has 0 heterocycles. The first-order chi connectivity index (χ1) is 2.56. The van der Waals surface area contributed by atoms with E-state index in [0.29, 0.717) is 0 Å². The number of hydrogen-bond donors (Lipinski definition) is 0. The molecule has 2 heteroatoms. The molecular weight excluding hydrogens is 80.0 g/mol. The molecule has 0 unspecified atom stereocenters. The van der Waals surface area contributed by atoms with Crippen LogP contribution in [0.1, 0.15) is 20.8 Å². The van der Waals surface area contributed by atoms with E-state index in [4.69, 9.17) is 0 Å². The lowest BCUT2D eigenvalue weighted by Crippen LogP contribution is -2.31. The average Bonchev–Trinajstić information content (AvgIpc) is 1.35. The van der Waals surface area contributed by atoms with Gasteiger partial charge in [0.1, 0.15) is 0 Å². The summed E-state index contributed by atoms with van der Waals surface area (Å²) in [5.41, 5.74) is -0.389. The second-order valence-electron chi connectivity index (χ2n) is 2.26. The lowest BCUT2D eigenvalue weighted by molar-refractivity contribution is -0.802. The van der Waals surface area contributed by atoms with Crippen molar-refractivity contribution in [2.24, 2.45) is 0 Å². The Hall–Kier alpha value is -0.0800. The molecule has 2 nitrogen and oxygen atoms in total. The van der Waals surface area contributed by atoms with E-state index in [1.807, 2.05) is 0 Å². The third-order valence-corrected chi connectivity index (χ3v) is 0.274. The largest absolute Gasteiger partial charge is 0.535 e. The molecule has 6 heavy (non-hydrogen) atoms. The van der Waals surface area contributed by atoms with Gasteiger partial charge >= 0.3 is 0 Å². The molecule has 1 N–H and O–H groups in total. The van der Waals surface area contributed by atoms with E-state index in [1.165, 1.54) is 0 Å². The van der Waals surface area contributed by atoms with Crippen molar-refractivity contribution in [1.82, 2.24) is 0 Å². The van der Waals surface area contributed by atoms with Gasteiger partial charge in [-0.1, -0.05) is 0 Å². The molecule has 0 aliphatic carbocycles. The summed E-state index contributed by atoms with van der Waals surface area (Å²) in [5.74, 6) is 0. The van der Waals surface area contributed by atoms with E-state index < -0.39 is 0 Å². The van der Waals surface area contributed by atoms with E-state index in [-0.39, 0.29) is 5.60 Å². The Balaban J connectivity index is 3.17. The molecule has 0 amide bonds. The minimum absolute atomic E-state index is 0.389. The molecule has 0 aliphatic heterocycles. The summed E-state index contributed by atoms with van der Waals surface area (Å²) in [7, 11) is 0. The Labute approximate surface area is 37.7 Å². The fourth-order valence-corrected chi connectivity index (χ4v) is 0. The van der Waals surface area contributed by atoms with Crippen molar-refractivity contribution in [3.8, 4) is 0 Å². The lowest BCUT2D eigenvalue weighted by Gasteiger charge is -2.15. The first-order valence-electron chi connectivity index (χ1n) is 1.91. The van der Waals surface area contributed by atoms with Crippen LogP contribution in [0.3, 0.4) is 0 Å². The van der Waals surface area contributed by atoms with Crippen LogP contribution in [-0.2, 0) is 0 Å². The second kappa shape index (κ2) is 1.58. The second-order valence-corrected chi connectivity index (χ2v) is 2.26. The van der Waals surface area contributed by atoms with Crippen molar-refractivity contribution in [3.05, 3.63) is 0 Å². The first-order valence-corrected chi connectivity index (χ1v) is 1.91.